The van der Waals surface area contributed by atoms with Gasteiger partial charge < -0.3 is 5.11 Å². The fourth-order valence-electron chi connectivity index (χ4n) is 4.03. The van der Waals surface area contributed by atoms with Crippen LogP contribution in [-0.4, -0.2) is 43.1 Å². The van der Waals surface area contributed by atoms with Gasteiger partial charge in [-0.15, -0.1) is 0 Å². The Labute approximate surface area is 155 Å². The van der Waals surface area contributed by atoms with Crippen molar-refractivity contribution in [3.8, 4) is 0 Å². The molecule has 0 spiro atoms. The van der Waals surface area contributed by atoms with E-state index in [2.05, 4.69) is 0 Å². The number of benzene rings is 1. The third-order valence-corrected chi connectivity index (χ3v) is 7.38. The summed E-state index contributed by atoms with van der Waals surface area (Å²) in [5.41, 5.74) is 0.557. The van der Waals surface area contributed by atoms with E-state index in [1.807, 2.05) is 0 Å². The summed E-state index contributed by atoms with van der Waals surface area (Å²) in [4.78, 5) is 13.5. The second kappa shape index (κ2) is 8.39. The van der Waals surface area contributed by atoms with Gasteiger partial charge in [-0.05, 0) is 49.9 Å². The van der Waals surface area contributed by atoms with Gasteiger partial charge in [0.1, 0.15) is 0 Å². The van der Waals surface area contributed by atoms with Gasteiger partial charge in [-0.25, -0.2) is 13.2 Å². The van der Waals surface area contributed by atoms with Gasteiger partial charge in [0.15, 0.2) is 0 Å². The zero-order valence-corrected chi connectivity index (χ0v) is 16.0. The molecule has 1 aliphatic heterocycles. The Morgan fingerprint density at radius 1 is 0.923 bits per heavy atom. The molecule has 1 saturated heterocycles. The predicted molar refractivity (Wildman–Crippen MR) is 101 cm³/mol. The first kappa shape index (κ1) is 19.2. The van der Waals surface area contributed by atoms with E-state index in [0.29, 0.717) is 18.8 Å². The van der Waals surface area contributed by atoms with Crippen LogP contribution in [0.5, 0.6) is 0 Å². The molecule has 0 radical (unpaired) electrons. The number of carbonyl (C=O) groups is 1. The first-order chi connectivity index (χ1) is 12.5. The summed E-state index contributed by atoms with van der Waals surface area (Å²) in [5.74, 6) is 0. The van der Waals surface area contributed by atoms with Crippen LogP contribution in [-0.2, 0) is 10.0 Å². The molecular formula is C19H28N2O4S. The number of anilines is 1. The van der Waals surface area contributed by atoms with Crippen molar-refractivity contribution in [3.05, 3.63) is 24.3 Å². The van der Waals surface area contributed by atoms with Crippen molar-refractivity contribution in [3.63, 3.8) is 0 Å². The molecule has 0 unspecified atom stereocenters. The maximum Gasteiger partial charge on any atom is 0.412 e. The third-order valence-electron chi connectivity index (χ3n) is 5.46. The zero-order chi connectivity index (χ0) is 18.6. The molecule has 6 nitrogen and oxygen atoms in total. The van der Waals surface area contributed by atoms with Crippen molar-refractivity contribution in [2.75, 3.05) is 18.0 Å². The summed E-state index contributed by atoms with van der Waals surface area (Å²) in [5, 5.41) is 9.70. The minimum absolute atomic E-state index is 0.0282. The largest absolute Gasteiger partial charge is 0.465 e. The van der Waals surface area contributed by atoms with Crippen molar-refractivity contribution in [1.82, 2.24) is 4.31 Å². The Balaban J connectivity index is 1.81. The molecule has 1 aromatic carbocycles. The van der Waals surface area contributed by atoms with Crippen LogP contribution < -0.4 is 4.90 Å². The minimum Gasteiger partial charge on any atom is -0.465 e. The van der Waals surface area contributed by atoms with Crippen LogP contribution >= 0.6 is 0 Å². The molecule has 0 aromatic heterocycles. The van der Waals surface area contributed by atoms with Gasteiger partial charge in [0.2, 0.25) is 10.0 Å². The Hall–Kier alpha value is -1.60. The van der Waals surface area contributed by atoms with Crippen LogP contribution in [0.4, 0.5) is 10.5 Å². The number of rotatable bonds is 4. The summed E-state index contributed by atoms with van der Waals surface area (Å²) < 4.78 is 27.0. The molecule has 2 fully saturated rings. The maximum absolute atomic E-state index is 12.7. The predicted octanol–water partition coefficient (Wildman–Crippen LogP) is 4.07. The molecule has 0 bridgehead atoms. The number of nitrogens with zero attached hydrogens (tertiary/aromatic N) is 2. The van der Waals surface area contributed by atoms with Crippen molar-refractivity contribution >= 4 is 21.8 Å². The molecule has 1 aliphatic carbocycles. The first-order valence-electron chi connectivity index (χ1n) is 9.62. The van der Waals surface area contributed by atoms with Gasteiger partial charge >= 0.3 is 6.09 Å². The van der Waals surface area contributed by atoms with E-state index in [0.717, 1.165) is 57.8 Å². The molecule has 1 N–H and O–H groups in total. The maximum atomic E-state index is 12.7. The number of sulfonamides is 1. The fraction of sp³-hybridized carbons (Fsp3) is 0.632. The van der Waals surface area contributed by atoms with E-state index in [9.17, 15) is 18.3 Å². The molecule has 1 saturated carbocycles. The molecule has 2 aliphatic rings. The molecule has 7 heteroatoms. The highest BCUT2D eigenvalue weighted by Gasteiger charge is 2.28. The van der Waals surface area contributed by atoms with E-state index < -0.39 is 16.1 Å². The number of hydrogen-bond donors (Lipinski definition) is 1. The second-order valence-electron chi connectivity index (χ2n) is 7.26. The van der Waals surface area contributed by atoms with Crippen molar-refractivity contribution in [1.29, 1.82) is 0 Å². The van der Waals surface area contributed by atoms with Gasteiger partial charge in [-0.2, -0.15) is 4.31 Å². The smallest absolute Gasteiger partial charge is 0.412 e. The summed E-state index contributed by atoms with van der Waals surface area (Å²) in [6.07, 6.45) is 7.99. The average Bonchev–Trinajstić information content (AvgIpc) is 2.92. The summed E-state index contributed by atoms with van der Waals surface area (Å²) in [6.45, 7) is 1.13. The molecule has 0 atom stereocenters. The highest BCUT2D eigenvalue weighted by Crippen LogP contribution is 2.29. The van der Waals surface area contributed by atoms with Crippen LogP contribution in [0, 0.1) is 0 Å². The Morgan fingerprint density at radius 3 is 2.00 bits per heavy atom. The van der Waals surface area contributed by atoms with E-state index in [1.54, 1.807) is 24.3 Å². The summed E-state index contributed by atoms with van der Waals surface area (Å²) in [7, 11) is -3.49. The normalized spacial score (nSPS) is 20.5. The summed E-state index contributed by atoms with van der Waals surface area (Å²) in [6, 6.07) is 6.34. The van der Waals surface area contributed by atoms with Gasteiger partial charge in [0.05, 0.1) is 4.90 Å². The van der Waals surface area contributed by atoms with E-state index in [-0.39, 0.29) is 10.9 Å². The number of amides is 1. The van der Waals surface area contributed by atoms with E-state index in [4.69, 9.17) is 0 Å². The highest BCUT2D eigenvalue weighted by atomic mass is 32.2. The molecule has 3 rings (SSSR count). The van der Waals surface area contributed by atoms with Gasteiger partial charge in [0.25, 0.3) is 0 Å². The van der Waals surface area contributed by atoms with Crippen molar-refractivity contribution < 1.29 is 18.3 Å². The van der Waals surface area contributed by atoms with Gasteiger partial charge in [-0.3, -0.25) is 4.90 Å². The number of piperidine rings is 1. The fourth-order valence-corrected chi connectivity index (χ4v) is 5.54. The van der Waals surface area contributed by atoms with Gasteiger partial charge in [0, 0.05) is 24.8 Å². The van der Waals surface area contributed by atoms with E-state index >= 15 is 0 Å². The van der Waals surface area contributed by atoms with Gasteiger partial charge in [-0.1, -0.05) is 32.1 Å². The lowest BCUT2D eigenvalue weighted by Gasteiger charge is -2.29. The van der Waals surface area contributed by atoms with Crippen molar-refractivity contribution in [2.24, 2.45) is 0 Å². The monoisotopic (exact) mass is 380 g/mol. The second-order valence-corrected chi connectivity index (χ2v) is 9.19. The molecule has 1 heterocycles. The number of carboxylic acid groups (broad SMARTS) is 1. The highest BCUT2D eigenvalue weighted by molar-refractivity contribution is 7.89. The van der Waals surface area contributed by atoms with Crippen LogP contribution in [0.25, 0.3) is 0 Å². The lowest BCUT2D eigenvalue weighted by Crippen LogP contribution is -2.39. The molecule has 1 amide bonds. The number of hydrogen-bond acceptors (Lipinski definition) is 3. The Kier molecular flexibility index (Phi) is 6.19. The van der Waals surface area contributed by atoms with E-state index in [1.165, 1.54) is 9.21 Å². The Bertz CT molecular complexity index is 704. The lowest BCUT2D eigenvalue weighted by atomic mass is 10.1. The molecule has 144 valence electrons. The van der Waals surface area contributed by atoms with Crippen molar-refractivity contribution in [2.45, 2.75) is 68.7 Å². The van der Waals surface area contributed by atoms with Crippen LogP contribution in [0.15, 0.2) is 29.2 Å². The average molecular weight is 381 g/mol. The third kappa shape index (κ3) is 4.20. The Morgan fingerprint density at radius 2 is 1.46 bits per heavy atom. The first-order valence-corrected chi connectivity index (χ1v) is 11.1. The SMILES string of the molecule is O=C(O)N(c1ccc(S(=O)(=O)N2CCCCC2)cc1)C1CCCCCC1. The quantitative estimate of drug-likeness (QED) is 0.799. The van der Waals surface area contributed by atoms with Crippen LogP contribution in [0.1, 0.15) is 57.8 Å². The standard InChI is InChI=1S/C19H28N2O4S/c22-19(23)21(16-8-4-1-2-5-9-16)17-10-12-18(13-11-17)26(24,25)20-14-6-3-7-15-20/h10-13,16H,1-9,14-15H2,(H,22,23). The summed E-state index contributed by atoms with van der Waals surface area (Å²) >= 11 is 0. The van der Waals surface area contributed by atoms with Crippen LogP contribution in [0.2, 0.25) is 0 Å². The minimum atomic E-state index is -3.49. The zero-order valence-electron chi connectivity index (χ0n) is 15.1. The molecule has 1 aromatic rings. The molecular weight excluding hydrogens is 352 g/mol. The lowest BCUT2D eigenvalue weighted by molar-refractivity contribution is 0.198. The molecule has 26 heavy (non-hydrogen) atoms. The van der Waals surface area contributed by atoms with Crippen LogP contribution in [0.3, 0.4) is 0 Å². The topological polar surface area (TPSA) is 77.9 Å².